The van der Waals surface area contributed by atoms with Crippen LogP contribution in [0.1, 0.15) is 18.3 Å². The SMILES string of the molecule is C#C[C@]1(CO)O[C@@H](n2nc(C)c3c(N)nc(F)nc32)C[C@@H]1O. The van der Waals surface area contributed by atoms with Gasteiger partial charge in [-0.05, 0) is 6.92 Å². The molecule has 3 rings (SSSR count). The summed E-state index contributed by atoms with van der Waals surface area (Å²) in [6.45, 7) is 1.12. The largest absolute Gasteiger partial charge is 0.392 e. The minimum Gasteiger partial charge on any atom is -0.392 e. The molecule has 8 nitrogen and oxygen atoms in total. The van der Waals surface area contributed by atoms with Gasteiger partial charge in [0.1, 0.15) is 11.9 Å². The van der Waals surface area contributed by atoms with Gasteiger partial charge in [-0.3, -0.25) is 0 Å². The normalized spacial score (nSPS) is 28.1. The van der Waals surface area contributed by atoms with Gasteiger partial charge in [-0.25, -0.2) is 4.68 Å². The van der Waals surface area contributed by atoms with Crippen LogP contribution in [0, 0.1) is 25.3 Å². The van der Waals surface area contributed by atoms with E-state index < -0.39 is 30.6 Å². The predicted molar refractivity (Wildman–Crippen MR) is 73.8 cm³/mol. The molecule has 0 saturated carbocycles. The van der Waals surface area contributed by atoms with Crippen LogP contribution in [-0.4, -0.2) is 48.3 Å². The Labute approximate surface area is 124 Å². The van der Waals surface area contributed by atoms with Crippen LogP contribution in [-0.2, 0) is 4.74 Å². The number of aliphatic hydroxyl groups is 2. The zero-order valence-corrected chi connectivity index (χ0v) is 11.7. The van der Waals surface area contributed by atoms with E-state index in [4.69, 9.17) is 16.9 Å². The number of terminal acetylenes is 1. The molecule has 0 aliphatic carbocycles. The van der Waals surface area contributed by atoms with Gasteiger partial charge in [0.05, 0.1) is 17.7 Å². The second-order valence-corrected chi connectivity index (χ2v) is 5.12. The Kier molecular flexibility index (Phi) is 3.25. The fraction of sp³-hybridized carbons (Fsp3) is 0.462. The lowest BCUT2D eigenvalue weighted by Crippen LogP contribution is -2.41. The number of anilines is 1. The first kappa shape index (κ1) is 14.6. The van der Waals surface area contributed by atoms with E-state index in [1.165, 1.54) is 4.68 Å². The molecule has 0 amide bonds. The van der Waals surface area contributed by atoms with Gasteiger partial charge in [-0.15, -0.1) is 6.42 Å². The number of ether oxygens (including phenoxy) is 1. The standard InChI is InChI=1S/C13H14FN5O3/c1-3-13(5-20)7(21)4-8(22-13)19-11-9(6(2)18-19)10(15)16-12(14)17-11/h1,7-8,20-21H,4-5H2,2H3,(H2,15,16,17)/t7-,8+,13+/m0/s1. The van der Waals surface area contributed by atoms with E-state index in [9.17, 15) is 14.6 Å². The first-order chi connectivity index (χ1) is 10.4. The molecule has 3 heterocycles. The number of aryl methyl sites for hydroxylation is 1. The third-order valence-electron chi connectivity index (χ3n) is 3.79. The summed E-state index contributed by atoms with van der Waals surface area (Å²) in [4.78, 5) is 7.16. The number of nitrogens with two attached hydrogens (primary N) is 1. The predicted octanol–water partition coefficient (Wildman–Crippen LogP) is -0.500. The van der Waals surface area contributed by atoms with Crippen molar-refractivity contribution in [3.05, 3.63) is 11.8 Å². The van der Waals surface area contributed by atoms with Crippen molar-refractivity contribution in [3.63, 3.8) is 0 Å². The monoisotopic (exact) mass is 307 g/mol. The maximum absolute atomic E-state index is 13.4. The van der Waals surface area contributed by atoms with E-state index in [-0.39, 0.29) is 17.9 Å². The van der Waals surface area contributed by atoms with Crippen LogP contribution in [0.25, 0.3) is 11.0 Å². The lowest BCUT2D eigenvalue weighted by Gasteiger charge is -2.23. The van der Waals surface area contributed by atoms with Gasteiger partial charge in [-0.2, -0.15) is 19.5 Å². The summed E-state index contributed by atoms with van der Waals surface area (Å²) < 4.78 is 20.3. The molecule has 0 radical (unpaired) electrons. The van der Waals surface area contributed by atoms with Gasteiger partial charge < -0.3 is 20.7 Å². The molecule has 3 atom stereocenters. The fourth-order valence-corrected chi connectivity index (χ4v) is 2.63. The number of aromatic nitrogens is 4. The van der Waals surface area contributed by atoms with Gasteiger partial charge in [0.15, 0.2) is 17.5 Å². The third kappa shape index (κ3) is 1.93. The number of hydrogen-bond donors (Lipinski definition) is 3. The Morgan fingerprint density at radius 3 is 2.91 bits per heavy atom. The molecule has 1 aliphatic heterocycles. The highest BCUT2D eigenvalue weighted by atomic mass is 19.1. The van der Waals surface area contributed by atoms with Gasteiger partial charge in [0.2, 0.25) is 0 Å². The second-order valence-electron chi connectivity index (χ2n) is 5.12. The fourth-order valence-electron chi connectivity index (χ4n) is 2.63. The molecule has 1 aliphatic rings. The lowest BCUT2D eigenvalue weighted by atomic mass is 9.99. The molecule has 1 saturated heterocycles. The summed E-state index contributed by atoms with van der Waals surface area (Å²) in [5.41, 5.74) is 4.81. The highest BCUT2D eigenvalue weighted by molar-refractivity contribution is 5.87. The third-order valence-corrected chi connectivity index (χ3v) is 3.79. The molecule has 0 unspecified atom stereocenters. The molecular formula is C13H14FN5O3. The van der Waals surface area contributed by atoms with Crippen LogP contribution in [0.15, 0.2) is 0 Å². The van der Waals surface area contributed by atoms with E-state index in [2.05, 4.69) is 21.0 Å². The molecule has 9 heteroatoms. The second kappa shape index (κ2) is 4.88. The summed E-state index contributed by atoms with van der Waals surface area (Å²) in [6, 6.07) is 0. The van der Waals surface area contributed by atoms with E-state index in [1.807, 2.05) is 0 Å². The topological polar surface area (TPSA) is 119 Å². The highest BCUT2D eigenvalue weighted by Crippen LogP contribution is 2.38. The summed E-state index contributed by atoms with van der Waals surface area (Å²) in [6.07, 6.45) is 2.54. The first-order valence-electron chi connectivity index (χ1n) is 6.54. The summed E-state index contributed by atoms with van der Waals surface area (Å²) >= 11 is 0. The molecule has 22 heavy (non-hydrogen) atoms. The number of nitrogens with zero attached hydrogens (tertiary/aromatic N) is 4. The van der Waals surface area contributed by atoms with E-state index >= 15 is 0 Å². The first-order valence-corrected chi connectivity index (χ1v) is 6.54. The smallest absolute Gasteiger partial charge is 0.312 e. The summed E-state index contributed by atoms with van der Waals surface area (Å²) in [7, 11) is 0. The molecule has 0 spiro atoms. The van der Waals surface area contributed by atoms with Crippen molar-refractivity contribution in [1.29, 1.82) is 0 Å². The molecular weight excluding hydrogens is 293 g/mol. The van der Waals surface area contributed by atoms with Crippen molar-refractivity contribution in [2.45, 2.75) is 31.3 Å². The Morgan fingerprint density at radius 2 is 2.32 bits per heavy atom. The number of nitrogen functional groups attached to an aromatic ring is 1. The zero-order valence-electron chi connectivity index (χ0n) is 11.7. The zero-order chi connectivity index (χ0) is 16.1. The Hall–Kier alpha value is -2.28. The van der Waals surface area contributed by atoms with Crippen molar-refractivity contribution < 1.29 is 19.3 Å². The molecule has 0 bridgehead atoms. The van der Waals surface area contributed by atoms with Crippen molar-refractivity contribution in [3.8, 4) is 12.3 Å². The molecule has 2 aromatic heterocycles. The van der Waals surface area contributed by atoms with Crippen LogP contribution in [0.2, 0.25) is 0 Å². The van der Waals surface area contributed by atoms with Gasteiger partial charge in [0.25, 0.3) is 0 Å². The van der Waals surface area contributed by atoms with Gasteiger partial charge >= 0.3 is 6.08 Å². The average molecular weight is 307 g/mol. The molecule has 2 aromatic rings. The maximum Gasteiger partial charge on any atom is 0.312 e. The maximum atomic E-state index is 13.4. The molecule has 4 N–H and O–H groups in total. The van der Waals surface area contributed by atoms with Crippen LogP contribution >= 0.6 is 0 Å². The minimum absolute atomic E-state index is 0.0323. The Morgan fingerprint density at radius 1 is 1.59 bits per heavy atom. The molecule has 0 aromatic carbocycles. The molecule has 116 valence electrons. The Balaban J connectivity index is 2.11. The summed E-state index contributed by atoms with van der Waals surface area (Å²) in [5, 5.41) is 24.1. The van der Waals surface area contributed by atoms with E-state index in [0.717, 1.165) is 0 Å². The van der Waals surface area contributed by atoms with Crippen LogP contribution in [0.4, 0.5) is 10.2 Å². The Bertz CT molecular complexity index is 786. The van der Waals surface area contributed by atoms with Gasteiger partial charge in [-0.1, -0.05) is 5.92 Å². The number of fused-ring (bicyclic) bond motifs is 1. The van der Waals surface area contributed by atoms with Crippen molar-refractivity contribution in [2.75, 3.05) is 12.3 Å². The highest BCUT2D eigenvalue weighted by Gasteiger charge is 2.48. The number of aliphatic hydroxyl groups excluding tert-OH is 2. The van der Waals surface area contributed by atoms with Crippen LogP contribution in [0.3, 0.4) is 0 Å². The number of hydrogen-bond acceptors (Lipinski definition) is 7. The van der Waals surface area contributed by atoms with Crippen molar-refractivity contribution in [1.82, 2.24) is 19.7 Å². The number of rotatable bonds is 2. The number of halogens is 1. The average Bonchev–Trinajstić information content (AvgIpc) is 2.97. The van der Waals surface area contributed by atoms with Crippen molar-refractivity contribution in [2.24, 2.45) is 0 Å². The van der Waals surface area contributed by atoms with Crippen LogP contribution in [0.5, 0.6) is 0 Å². The van der Waals surface area contributed by atoms with Crippen LogP contribution < -0.4 is 5.73 Å². The quantitative estimate of drug-likeness (QED) is 0.505. The van der Waals surface area contributed by atoms with Crippen molar-refractivity contribution >= 4 is 16.9 Å². The van der Waals surface area contributed by atoms with Gasteiger partial charge in [0, 0.05) is 6.42 Å². The molecule has 1 fully saturated rings. The summed E-state index contributed by atoms with van der Waals surface area (Å²) in [5.74, 6) is 2.23. The van der Waals surface area contributed by atoms with E-state index in [1.54, 1.807) is 6.92 Å². The lowest BCUT2D eigenvalue weighted by molar-refractivity contribution is -0.0922. The van der Waals surface area contributed by atoms with E-state index in [0.29, 0.717) is 11.1 Å². The minimum atomic E-state index is -1.52.